The van der Waals surface area contributed by atoms with Crippen molar-refractivity contribution >= 4 is 5.91 Å². The Balaban J connectivity index is 1.81. The Morgan fingerprint density at radius 1 is 1.57 bits per heavy atom. The summed E-state index contributed by atoms with van der Waals surface area (Å²) in [5.41, 5.74) is 0.793. The minimum absolute atomic E-state index is 0.106. The van der Waals surface area contributed by atoms with Gasteiger partial charge in [0.05, 0.1) is 18.5 Å². The monoisotopic (exact) mass is 291 g/mol. The number of hydrogen-bond acceptors (Lipinski definition) is 4. The predicted octanol–water partition coefficient (Wildman–Crippen LogP) is 1.28. The van der Waals surface area contributed by atoms with E-state index in [4.69, 9.17) is 4.42 Å². The third-order valence-electron chi connectivity index (χ3n) is 3.42. The Kier molecular flexibility index (Phi) is 4.47. The zero-order chi connectivity index (χ0) is 15.5. The van der Waals surface area contributed by atoms with Crippen LogP contribution in [-0.4, -0.2) is 27.3 Å². The highest BCUT2D eigenvalue weighted by molar-refractivity contribution is 5.76. The highest BCUT2D eigenvalue weighted by atomic mass is 16.4. The van der Waals surface area contributed by atoms with Crippen LogP contribution >= 0.6 is 0 Å². The molecule has 1 amide bonds. The lowest BCUT2D eigenvalue weighted by atomic mass is 10.0. The van der Waals surface area contributed by atoms with Crippen LogP contribution in [0.15, 0.2) is 29.0 Å². The molecule has 2 heterocycles. The SMILES string of the molecule is Cc1nn(C)cc1CCC(=O)NCC(C)(O)c1ccco1. The van der Waals surface area contributed by atoms with E-state index in [1.807, 2.05) is 20.2 Å². The number of carbonyl (C=O) groups excluding carboxylic acids is 1. The van der Waals surface area contributed by atoms with Gasteiger partial charge in [-0.1, -0.05) is 0 Å². The molecule has 0 aliphatic carbocycles. The summed E-state index contributed by atoms with van der Waals surface area (Å²) in [6.07, 6.45) is 4.41. The quantitative estimate of drug-likeness (QED) is 0.840. The van der Waals surface area contributed by atoms with Crippen molar-refractivity contribution in [3.05, 3.63) is 41.6 Å². The van der Waals surface area contributed by atoms with E-state index in [2.05, 4.69) is 10.4 Å². The summed E-state index contributed by atoms with van der Waals surface area (Å²) in [5.74, 6) is 0.330. The average Bonchev–Trinajstić information content (AvgIpc) is 3.04. The largest absolute Gasteiger partial charge is 0.466 e. The van der Waals surface area contributed by atoms with Gasteiger partial charge in [-0.15, -0.1) is 0 Å². The van der Waals surface area contributed by atoms with Crippen molar-refractivity contribution in [3.63, 3.8) is 0 Å². The number of rotatable bonds is 6. The molecule has 0 saturated carbocycles. The van der Waals surface area contributed by atoms with Crippen LogP contribution in [0.1, 0.15) is 30.4 Å². The number of aromatic nitrogens is 2. The Labute approximate surface area is 123 Å². The van der Waals surface area contributed by atoms with E-state index >= 15 is 0 Å². The molecular formula is C15H21N3O3. The van der Waals surface area contributed by atoms with Crippen molar-refractivity contribution < 1.29 is 14.3 Å². The molecule has 0 aliphatic heterocycles. The molecule has 0 radical (unpaired) electrons. The van der Waals surface area contributed by atoms with Crippen LogP contribution in [0, 0.1) is 6.92 Å². The van der Waals surface area contributed by atoms with E-state index in [-0.39, 0.29) is 12.5 Å². The van der Waals surface area contributed by atoms with Gasteiger partial charge in [-0.3, -0.25) is 9.48 Å². The molecule has 2 rings (SSSR count). The molecule has 0 saturated heterocycles. The van der Waals surface area contributed by atoms with Crippen molar-refractivity contribution in [2.45, 2.75) is 32.3 Å². The predicted molar refractivity (Wildman–Crippen MR) is 77.6 cm³/mol. The van der Waals surface area contributed by atoms with Crippen molar-refractivity contribution in [2.75, 3.05) is 6.54 Å². The molecule has 0 aromatic carbocycles. The van der Waals surface area contributed by atoms with Gasteiger partial charge in [0, 0.05) is 19.7 Å². The Morgan fingerprint density at radius 3 is 2.90 bits per heavy atom. The van der Waals surface area contributed by atoms with Crippen LogP contribution in [0.5, 0.6) is 0 Å². The second-order valence-electron chi connectivity index (χ2n) is 5.44. The molecule has 2 aromatic heterocycles. The summed E-state index contributed by atoms with van der Waals surface area (Å²) in [4.78, 5) is 11.9. The van der Waals surface area contributed by atoms with Crippen molar-refractivity contribution in [3.8, 4) is 0 Å². The Hall–Kier alpha value is -2.08. The second-order valence-corrected chi connectivity index (χ2v) is 5.44. The van der Waals surface area contributed by atoms with Crippen molar-refractivity contribution in [1.29, 1.82) is 0 Å². The minimum atomic E-state index is -1.20. The Morgan fingerprint density at radius 2 is 2.33 bits per heavy atom. The summed E-state index contributed by atoms with van der Waals surface area (Å²) in [5, 5.41) is 17.2. The van der Waals surface area contributed by atoms with Gasteiger partial charge < -0.3 is 14.8 Å². The van der Waals surface area contributed by atoms with Gasteiger partial charge in [0.1, 0.15) is 11.4 Å². The van der Waals surface area contributed by atoms with Crippen LogP contribution in [0.4, 0.5) is 0 Å². The number of nitrogens with one attached hydrogen (secondary N) is 1. The summed E-state index contributed by atoms with van der Waals surface area (Å²) in [6, 6.07) is 3.39. The maximum absolute atomic E-state index is 11.9. The average molecular weight is 291 g/mol. The van der Waals surface area contributed by atoms with E-state index < -0.39 is 5.60 Å². The first-order valence-corrected chi connectivity index (χ1v) is 6.90. The molecule has 6 nitrogen and oxygen atoms in total. The lowest BCUT2D eigenvalue weighted by Gasteiger charge is -2.21. The molecule has 21 heavy (non-hydrogen) atoms. The smallest absolute Gasteiger partial charge is 0.220 e. The third kappa shape index (κ3) is 3.95. The summed E-state index contributed by atoms with van der Waals surface area (Å²) in [6.45, 7) is 3.65. The molecule has 1 atom stereocenters. The van der Waals surface area contributed by atoms with E-state index in [0.29, 0.717) is 18.6 Å². The number of carbonyl (C=O) groups is 1. The maximum atomic E-state index is 11.9. The van der Waals surface area contributed by atoms with E-state index in [0.717, 1.165) is 11.3 Å². The number of aryl methyl sites for hydroxylation is 3. The summed E-state index contributed by atoms with van der Waals surface area (Å²) >= 11 is 0. The first kappa shape index (κ1) is 15.3. The molecule has 2 N–H and O–H groups in total. The molecule has 0 fully saturated rings. The zero-order valence-corrected chi connectivity index (χ0v) is 12.6. The fourth-order valence-corrected chi connectivity index (χ4v) is 2.17. The molecule has 0 spiro atoms. The molecule has 1 unspecified atom stereocenters. The fourth-order valence-electron chi connectivity index (χ4n) is 2.17. The van der Waals surface area contributed by atoms with Gasteiger partial charge in [-0.05, 0) is 38.0 Å². The van der Waals surface area contributed by atoms with E-state index in [1.165, 1.54) is 6.26 Å². The summed E-state index contributed by atoms with van der Waals surface area (Å²) in [7, 11) is 1.86. The fraction of sp³-hybridized carbons (Fsp3) is 0.467. The highest BCUT2D eigenvalue weighted by Gasteiger charge is 2.26. The standard InChI is InChI=1S/C15H21N3O3/c1-11-12(9-18(3)17-11)6-7-14(19)16-10-15(2,20)13-5-4-8-21-13/h4-5,8-9,20H,6-7,10H2,1-3H3,(H,16,19). The molecule has 0 bridgehead atoms. The first-order chi connectivity index (χ1) is 9.88. The number of furan rings is 1. The van der Waals surface area contributed by atoms with Gasteiger partial charge >= 0.3 is 0 Å². The molecule has 6 heteroatoms. The van der Waals surface area contributed by atoms with Crippen molar-refractivity contribution in [1.82, 2.24) is 15.1 Å². The van der Waals surface area contributed by atoms with Crippen LogP contribution in [0.25, 0.3) is 0 Å². The zero-order valence-electron chi connectivity index (χ0n) is 12.6. The van der Waals surface area contributed by atoms with E-state index in [9.17, 15) is 9.90 Å². The normalized spacial score (nSPS) is 13.9. The molecule has 114 valence electrons. The van der Waals surface area contributed by atoms with Crippen molar-refractivity contribution in [2.24, 2.45) is 7.05 Å². The van der Waals surface area contributed by atoms with Crippen LogP contribution in [0.3, 0.4) is 0 Å². The topological polar surface area (TPSA) is 80.3 Å². The Bertz CT molecular complexity index is 600. The third-order valence-corrected chi connectivity index (χ3v) is 3.42. The first-order valence-electron chi connectivity index (χ1n) is 6.90. The van der Waals surface area contributed by atoms with E-state index in [1.54, 1.807) is 23.7 Å². The van der Waals surface area contributed by atoms with Crippen LogP contribution in [0.2, 0.25) is 0 Å². The van der Waals surface area contributed by atoms with Gasteiger partial charge in [0.2, 0.25) is 5.91 Å². The van der Waals surface area contributed by atoms with Gasteiger partial charge in [-0.25, -0.2) is 0 Å². The molecular weight excluding hydrogens is 270 g/mol. The lowest BCUT2D eigenvalue weighted by Crippen LogP contribution is -2.38. The molecule has 2 aromatic rings. The number of aliphatic hydroxyl groups is 1. The maximum Gasteiger partial charge on any atom is 0.220 e. The van der Waals surface area contributed by atoms with Gasteiger partial charge in [0.25, 0.3) is 0 Å². The minimum Gasteiger partial charge on any atom is -0.466 e. The lowest BCUT2D eigenvalue weighted by molar-refractivity contribution is -0.122. The summed E-state index contributed by atoms with van der Waals surface area (Å²) < 4.78 is 6.91. The van der Waals surface area contributed by atoms with Gasteiger partial charge in [0.15, 0.2) is 0 Å². The van der Waals surface area contributed by atoms with Gasteiger partial charge in [-0.2, -0.15) is 5.10 Å². The number of amides is 1. The number of hydrogen-bond donors (Lipinski definition) is 2. The van der Waals surface area contributed by atoms with Crippen LogP contribution < -0.4 is 5.32 Å². The molecule has 0 aliphatic rings. The highest BCUT2D eigenvalue weighted by Crippen LogP contribution is 2.19. The van der Waals surface area contributed by atoms with Crippen LogP contribution in [-0.2, 0) is 23.9 Å². The second kappa shape index (κ2) is 6.13. The number of nitrogens with zero attached hydrogens (tertiary/aromatic N) is 2.